The lowest BCUT2D eigenvalue weighted by Crippen LogP contribution is -2.39. The Hall–Kier alpha value is -2.23. The van der Waals surface area contributed by atoms with Crippen molar-refractivity contribution < 1.29 is 9.18 Å². The summed E-state index contributed by atoms with van der Waals surface area (Å²) in [6, 6.07) is 12.5. The highest BCUT2D eigenvalue weighted by molar-refractivity contribution is 5.76. The van der Waals surface area contributed by atoms with Gasteiger partial charge in [0.1, 0.15) is 5.82 Å². The molecular weight excluding hydrogens is 303 g/mol. The average Bonchev–Trinajstić information content (AvgIpc) is 3.10. The first-order valence-corrected chi connectivity index (χ1v) is 8.61. The fourth-order valence-corrected chi connectivity index (χ4v) is 3.57. The van der Waals surface area contributed by atoms with Gasteiger partial charge in [-0.3, -0.25) is 9.78 Å². The summed E-state index contributed by atoms with van der Waals surface area (Å²) >= 11 is 0. The molecule has 1 aromatic carbocycles. The van der Waals surface area contributed by atoms with Crippen molar-refractivity contribution >= 4 is 5.91 Å². The zero-order valence-corrected chi connectivity index (χ0v) is 13.8. The molecule has 1 N–H and O–H groups in total. The normalized spacial score (nSPS) is 16.0. The molecule has 0 spiro atoms. The minimum atomic E-state index is -0.216. The van der Waals surface area contributed by atoms with E-state index in [1.54, 1.807) is 6.20 Å². The summed E-state index contributed by atoms with van der Waals surface area (Å²) in [6.07, 6.45) is 7.22. The Kier molecular flexibility index (Phi) is 5.24. The second kappa shape index (κ2) is 7.56. The lowest BCUT2D eigenvalue weighted by atomic mass is 9.79. The molecule has 1 aliphatic rings. The predicted molar refractivity (Wildman–Crippen MR) is 92.1 cm³/mol. The summed E-state index contributed by atoms with van der Waals surface area (Å²) in [6.45, 7) is 0.625. The second-order valence-electron chi connectivity index (χ2n) is 6.59. The molecule has 0 bridgehead atoms. The van der Waals surface area contributed by atoms with E-state index >= 15 is 0 Å². The van der Waals surface area contributed by atoms with Crippen molar-refractivity contribution in [2.75, 3.05) is 6.54 Å². The van der Waals surface area contributed by atoms with Gasteiger partial charge in [0.2, 0.25) is 5.91 Å². The molecule has 0 unspecified atom stereocenters. The summed E-state index contributed by atoms with van der Waals surface area (Å²) in [5.74, 6) is -0.166. The van der Waals surface area contributed by atoms with E-state index in [0.717, 1.165) is 36.9 Å². The summed E-state index contributed by atoms with van der Waals surface area (Å²) in [7, 11) is 0. The van der Waals surface area contributed by atoms with E-state index in [1.165, 1.54) is 12.1 Å². The Morgan fingerprint density at radius 2 is 1.88 bits per heavy atom. The first kappa shape index (κ1) is 16.6. The fourth-order valence-electron chi connectivity index (χ4n) is 3.57. The van der Waals surface area contributed by atoms with Crippen LogP contribution in [-0.4, -0.2) is 17.4 Å². The molecule has 1 fully saturated rings. The number of aromatic nitrogens is 1. The number of hydrogen-bond acceptors (Lipinski definition) is 2. The van der Waals surface area contributed by atoms with Gasteiger partial charge in [-0.2, -0.15) is 0 Å². The van der Waals surface area contributed by atoms with Crippen LogP contribution >= 0.6 is 0 Å². The van der Waals surface area contributed by atoms with E-state index in [4.69, 9.17) is 0 Å². The van der Waals surface area contributed by atoms with E-state index in [9.17, 15) is 9.18 Å². The van der Waals surface area contributed by atoms with Crippen LogP contribution in [0.3, 0.4) is 0 Å². The van der Waals surface area contributed by atoms with Gasteiger partial charge in [0.15, 0.2) is 0 Å². The van der Waals surface area contributed by atoms with Crippen molar-refractivity contribution in [1.29, 1.82) is 0 Å². The lowest BCUT2D eigenvalue weighted by Gasteiger charge is -2.30. The van der Waals surface area contributed by atoms with Gasteiger partial charge in [-0.1, -0.05) is 31.0 Å². The fraction of sp³-hybridized carbons (Fsp3) is 0.400. The molecule has 1 heterocycles. The van der Waals surface area contributed by atoms with Gasteiger partial charge in [0, 0.05) is 30.3 Å². The van der Waals surface area contributed by atoms with Crippen molar-refractivity contribution in [1.82, 2.24) is 10.3 Å². The minimum absolute atomic E-state index is 0.0473. The largest absolute Gasteiger partial charge is 0.355 e. The summed E-state index contributed by atoms with van der Waals surface area (Å²) < 4.78 is 13.2. The molecule has 0 saturated heterocycles. The number of nitrogens with one attached hydrogen (secondary N) is 1. The molecule has 3 rings (SSSR count). The van der Waals surface area contributed by atoms with E-state index in [2.05, 4.69) is 10.3 Å². The maximum absolute atomic E-state index is 13.2. The number of halogens is 1. The number of carbonyl (C=O) groups is 1. The van der Waals surface area contributed by atoms with Crippen molar-refractivity contribution in [3.05, 3.63) is 65.7 Å². The third-order valence-electron chi connectivity index (χ3n) is 4.98. The molecule has 3 nitrogen and oxygen atoms in total. The molecule has 0 radical (unpaired) electrons. The summed E-state index contributed by atoms with van der Waals surface area (Å²) in [5, 5.41) is 3.09. The number of nitrogens with zero attached hydrogens (tertiary/aromatic N) is 1. The highest BCUT2D eigenvalue weighted by Crippen LogP contribution is 2.40. The first-order valence-electron chi connectivity index (χ1n) is 8.61. The van der Waals surface area contributed by atoms with Crippen LogP contribution in [0.25, 0.3) is 0 Å². The minimum Gasteiger partial charge on any atom is -0.355 e. The van der Waals surface area contributed by atoms with Crippen molar-refractivity contribution in [2.45, 2.75) is 43.9 Å². The zero-order chi connectivity index (χ0) is 16.8. The SMILES string of the molecule is O=C(CCc1ccccn1)NCC1(c2ccc(F)cc2)CCCC1. The monoisotopic (exact) mass is 326 g/mol. The number of benzene rings is 1. The van der Waals surface area contributed by atoms with Gasteiger partial charge in [0.25, 0.3) is 0 Å². The molecule has 0 atom stereocenters. The van der Waals surface area contributed by atoms with Crippen molar-refractivity contribution in [3.63, 3.8) is 0 Å². The number of carbonyl (C=O) groups excluding carboxylic acids is 1. The molecule has 24 heavy (non-hydrogen) atoms. The van der Waals surface area contributed by atoms with Crippen LogP contribution in [-0.2, 0) is 16.6 Å². The van der Waals surface area contributed by atoms with Crippen molar-refractivity contribution in [2.24, 2.45) is 0 Å². The van der Waals surface area contributed by atoms with E-state index in [0.29, 0.717) is 19.4 Å². The molecular formula is C20H23FN2O. The highest BCUT2D eigenvalue weighted by atomic mass is 19.1. The molecule has 1 aliphatic carbocycles. The molecule has 4 heteroatoms. The quantitative estimate of drug-likeness (QED) is 0.878. The van der Waals surface area contributed by atoms with Crippen LogP contribution in [0.2, 0.25) is 0 Å². The smallest absolute Gasteiger partial charge is 0.220 e. The van der Waals surface area contributed by atoms with Crippen LogP contribution < -0.4 is 5.32 Å². The van der Waals surface area contributed by atoms with E-state index in [1.807, 2.05) is 30.3 Å². The van der Waals surface area contributed by atoms with E-state index < -0.39 is 0 Å². The Bertz CT molecular complexity index is 664. The first-order chi connectivity index (χ1) is 11.7. The van der Waals surface area contributed by atoms with Gasteiger partial charge in [-0.25, -0.2) is 4.39 Å². The number of hydrogen-bond donors (Lipinski definition) is 1. The topological polar surface area (TPSA) is 42.0 Å². The molecule has 0 aliphatic heterocycles. The maximum Gasteiger partial charge on any atom is 0.220 e. The van der Waals surface area contributed by atoms with Crippen LogP contribution in [0.5, 0.6) is 0 Å². The number of amides is 1. The van der Waals surface area contributed by atoms with Gasteiger partial charge in [-0.05, 0) is 49.1 Å². The van der Waals surface area contributed by atoms with Gasteiger partial charge < -0.3 is 5.32 Å². The molecule has 126 valence electrons. The molecule has 1 amide bonds. The van der Waals surface area contributed by atoms with Crippen LogP contribution in [0.4, 0.5) is 4.39 Å². The van der Waals surface area contributed by atoms with Gasteiger partial charge >= 0.3 is 0 Å². The number of rotatable bonds is 6. The third-order valence-corrected chi connectivity index (χ3v) is 4.98. The molecule has 2 aromatic rings. The van der Waals surface area contributed by atoms with E-state index in [-0.39, 0.29) is 17.1 Å². The Balaban J connectivity index is 1.58. The average molecular weight is 326 g/mol. The number of aryl methyl sites for hydroxylation is 1. The van der Waals surface area contributed by atoms with Gasteiger partial charge in [-0.15, -0.1) is 0 Å². The predicted octanol–water partition coefficient (Wildman–Crippen LogP) is 3.78. The van der Waals surface area contributed by atoms with Gasteiger partial charge in [0.05, 0.1) is 0 Å². The molecule has 1 saturated carbocycles. The van der Waals surface area contributed by atoms with Crippen LogP contribution in [0.1, 0.15) is 43.4 Å². The van der Waals surface area contributed by atoms with Crippen LogP contribution in [0.15, 0.2) is 48.7 Å². The number of pyridine rings is 1. The molecule has 1 aromatic heterocycles. The Morgan fingerprint density at radius 1 is 1.12 bits per heavy atom. The maximum atomic E-state index is 13.2. The highest BCUT2D eigenvalue weighted by Gasteiger charge is 2.35. The second-order valence-corrected chi connectivity index (χ2v) is 6.59. The Morgan fingerprint density at radius 3 is 2.54 bits per heavy atom. The summed E-state index contributed by atoms with van der Waals surface area (Å²) in [5.41, 5.74) is 2.02. The van der Waals surface area contributed by atoms with Crippen LogP contribution in [0, 0.1) is 5.82 Å². The summed E-state index contributed by atoms with van der Waals surface area (Å²) in [4.78, 5) is 16.4. The Labute approximate surface area is 142 Å². The lowest BCUT2D eigenvalue weighted by molar-refractivity contribution is -0.121. The zero-order valence-electron chi connectivity index (χ0n) is 13.8. The standard InChI is InChI=1S/C20H23FN2O/c21-17-8-6-16(7-9-17)20(12-2-3-13-20)15-23-19(24)11-10-18-5-1-4-14-22-18/h1,4-9,14H,2-3,10-13,15H2,(H,23,24). The third kappa shape index (κ3) is 3.99. The van der Waals surface area contributed by atoms with Crippen molar-refractivity contribution in [3.8, 4) is 0 Å².